The molecular weight excluding hydrogens is 436 g/mol. The van der Waals surface area contributed by atoms with Crippen LogP contribution in [0.4, 0.5) is 10.8 Å². The minimum Gasteiger partial charge on any atom is -0.457 e. The van der Waals surface area contributed by atoms with Gasteiger partial charge in [0, 0.05) is 13.1 Å². The molecule has 0 aliphatic heterocycles. The number of aryl methyl sites for hydroxylation is 1. The van der Waals surface area contributed by atoms with Crippen molar-refractivity contribution in [3.8, 4) is 11.5 Å². The fourth-order valence-electron chi connectivity index (χ4n) is 3.29. The number of hydrogen-bond acceptors (Lipinski definition) is 6. The molecule has 0 saturated heterocycles. The third kappa shape index (κ3) is 4.24. The van der Waals surface area contributed by atoms with E-state index in [4.69, 9.17) is 4.74 Å². The van der Waals surface area contributed by atoms with E-state index in [0.717, 1.165) is 20.6 Å². The Morgan fingerprint density at radius 2 is 1.58 bits per heavy atom. The molecule has 0 bridgehead atoms. The Balaban J connectivity index is 1.55. The van der Waals surface area contributed by atoms with E-state index in [0.29, 0.717) is 16.6 Å². The lowest BCUT2D eigenvalue weighted by Gasteiger charge is -2.20. The van der Waals surface area contributed by atoms with Crippen LogP contribution >= 0.6 is 11.3 Å². The van der Waals surface area contributed by atoms with Crippen molar-refractivity contribution >= 4 is 38.3 Å². The van der Waals surface area contributed by atoms with Crippen LogP contribution in [0, 0.1) is 0 Å². The van der Waals surface area contributed by atoms with E-state index in [-0.39, 0.29) is 17.2 Å². The monoisotopic (exact) mass is 454 g/mol. The van der Waals surface area contributed by atoms with Crippen molar-refractivity contribution in [1.82, 2.24) is 14.8 Å². The van der Waals surface area contributed by atoms with Gasteiger partial charge in [-0.15, -0.1) is 0 Å². The predicted molar refractivity (Wildman–Crippen MR) is 129 cm³/mol. The van der Waals surface area contributed by atoms with Gasteiger partial charge in [-0.2, -0.15) is 5.10 Å². The molecule has 0 spiro atoms. The Hall–Kier alpha value is -4.30. The van der Waals surface area contributed by atoms with Crippen LogP contribution in [-0.4, -0.2) is 20.7 Å². The summed E-state index contributed by atoms with van der Waals surface area (Å²) in [6, 6.07) is 27.1. The van der Waals surface area contributed by atoms with Gasteiger partial charge in [-0.05, 0) is 54.6 Å². The Morgan fingerprint density at radius 1 is 0.879 bits per heavy atom. The lowest BCUT2D eigenvalue weighted by Crippen LogP contribution is -2.30. The fourth-order valence-corrected chi connectivity index (χ4v) is 4.27. The van der Waals surface area contributed by atoms with Crippen LogP contribution in [0.3, 0.4) is 0 Å². The maximum Gasteiger partial charge on any atom is 0.285 e. The molecule has 0 unspecified atom stereocenters. The molecule has 162 valence electrons. The molecule has 5 aromatic rings. The van der Waals surface area contributed by atoms with Crippen LogP contribution in [0.2, 0.25) is 0 Å². The zero-order valence-corrected chi connectivity index (χ0v) is 18.4. The highest BCUT2D eigenvalue weighted by molar-refractivity contribution is 7.22. The number of amides is 1. The van der Waals surface area contributed by atoms with E-state index < -0.39 is 0 Å². The summed E-state index contributed by atoms with van der Waals surface area (Å²) < 4.78 is 7.97. The molecule has 1 amide bonds. The minimum absolute atomic E-state index is 0.140. The SMILES string of the molecule is Cn1nc(C(=O)N(c2ccc(Oc3ccccc3)cc2)c2nc3ccccc3s2)ccc1=O. The number of aromatic nitrogens is 3. The molecule has 33 heavy (non-hydrogen) atoms. The normalized spacial score (nSPS) is 10.8. The van der Waals surface area contributed by atoms with E-state index in [1.807, 2.05) is 54.6 Å². The van der Waals surface area contributed by atoms with Crippen molar-refractivity contribution in [2.45, 2.75) is 0 Å². The van der Waals surface area contributed by atoms with Crippen LogP contribution in [0.1, 0.15) is 10.5 Å². The van der Waals surface area contributed by atoms with Gasteiger partial charge >= 0.3 is 0 Å². The molecule has 0 radical (unpaired) electrons. The van der Waals surface area contributed by atoms with E-state index in [9.17, 15) is 9.59 Å². The average molecular weight is 455 g/mol. The van der Waals surface area contributed by atoms with Crippen molar-refractivity contribution in [2.24, 2.45) is 7.05 Å². The zero-order valence-electron chi connectivity index (χ0n) is 17.6. The van der Waals surface area contributed by atoms with Crippen LogP contribution in [0.15, 0.2) is 95.8 Å². The molecule has 2 heterocycles. The number of nitrogens with zero attached hydrogens (tertiary/aromatic N) is 4. The number of para-hydroxylation sites is 2. The number of hydrogen-bond donors (Lipinski definition) is 0. The van der Waals surface area contributed by atoms with Crippen LogP contribution < -0.4 is 15.2 Å². The fraction of sp³-hybridized carbons (Fsp3) is 0.0400. The number of carbonyl (C=O) groups excluding carboxylic acids is 1. The quantitative estimate of drug-likeness (QED) is 0.367. The molecular formula is C25H18N4O3S. The highest BCUT2D eigenvalue weighted by atomic mass is 32.1. The Kier molecular flexibility index (Phi) is 5.42. The van der Waals surface area contributed by atoms with Crippen molar-refractivity contribution in [3.63, 3.8) is 0 Å². The number of benzene rings is 3. The van der Waals surface area contributed by atoms with Crippen molar-refractivity contribution in [1.29, 1.82) is 0 Å². The molecule has 0 aliphatic carbocycles. The lowest BCUT2D eigenvalue weighted by molar-refractivity contribution is 0.0992. The van der Waals surface area contributed by atoms with Gasteiger partial charge in [0.15, 0.2) is 5.13 Å². The molecule has 3 aromatic carbocycles. The van der Waals surface area contributed by atoms with Crippen molar-refractivity contribution < 1.29 is 9.53 Å². The second-order valence-electron chi connectivity index (χ2n) is 7.19. The summed E-state index contributed by atoms with van der Waals surface area (Å²) in [5.41, 5.74) is 1.25. The van der Waals surface area contributed by atoms with E-state index in [1.54, 1.807) is 24.3 Å². The molecule has 2 aromatic heterocycles. The molecule has 0 saturated carbocycles. The maximum absolute atomic E-state index is 13.5. The first-order valence-corrected chi connectivity index (χ1v) is 11.0. The summed E-state index contributed by atoms with van der Waals surface area (Å²) >= 11 is 1.40. The zero-order chi connectivity index (χ0) is 22.8. The Bertz CT molecular complexity index is 1460. The molecule has 0 aliphatic rings. The van der Waals surface area contributed by atoms with Crippen LogP contribution in [0.5, 0.6) is 11.5 Å². The summed E-state index contributed by atoms with van der Waals surface area (Å²) in [4.78, 5) is 31.5. The average Bonchev–Trinajstić information content (AvgIpc) is 3.26. The summed E-state index contributed by atoms with van der Waals surface area (Å²) in [7, 11) is 1.51. The molecule has 0 fully saturated rings. The highest BCUT2D eigenvalue weighted by Gasteiger charge is 2.25. The predicted octanol–water partition coefficient (Wildman–Crippen LogP) is 5.16. The van der Waals surface area contributed by atoms with Gasteiger partial charge in [0.2, 0.25) is 0 Å². The number of fused-ring (bicyclic) bond motifs is 1. The molecule has 0 atom stereocenters. The van der Waals surface area contributed by atoms with E-state index in [2.05, 4.69) is 10.1 Å². The minimum atomic E-state index is -0.388. The molecule has 7 nitrogen and oxygen atoms in total. The Morgan fingerprint density at radius 3 is 2.30 bits per heavy atom. The molecule has 0 N–H and O–H groups in total. The number of rotatable bonds is 5. The third-order valence-electron chi connectivity index (χ3n) is 4.93. The summed E-state index contributed by atoms with van der Waals surface area (Å²) in [6.07, 6.45) is 0. The summed E-state index contributed by atoms with van der Waals surface area (Å²) in [5.74, 6) is 0.974. The second kappa shape index (κ2) is 8.68. The molecule has 5 rings (SSSR count). The van der Waals surface area contributed by atoms with Gasteiger partial charge in [-0.3, -0.25) is 14.5 Å². The lowest BCUT2D eigenvalue weighted by atomic mass is 10.2. The van der Waals surface area contributed by atoms with Crippen LogP contribution in [-0.2, 0) is 7.05 Å². The summed E-state index contributed by atoms with van der Waals surface area (Å²) in [6.45, 7) is 0. The van der Waals surface area contributed by atoms with E-state index in [1.165, 1.54) is 35.4 Å². The van der Waals surface area contributed by atoms with Gasteiger partial charge in [-0.1, -0.05) is 41.7 Å². The van der Waals surface area contributed by atoms with Gasteiger partial charge < -0.3 is 4.74 Å². The number of thiazole rings is 1. The number of anilines is 2. The second-order valence-corrected chi connectivity index (χ2v) is 8.20. The third-order valence-corrected chi connectivity index (χ3v) is 5.95. The summed E-state index contributed by atoms with van der Waals surface area (Å²) in [5, 5.41) is 4.64. The van der Waals surface area contributed by atoms with Gasteiger partial charge in [0.1, 0.15) is 17.2 Å². The topological polar surface area (TPSA) is 77.3 Å². The maximum atomic E-state index is 13.5. The number of carbonyl (C=O) groups is 1. The smallest absolute Gasteiger partial charge is 0.285 e. The highest BCUT2D eigenvalue weighted by Crippen LogP contribution is 2.35. The first-order valence-electron chi connectivity index (χ1n) is 10.2. The van der Waals surface area contributed by atoms with Gasteiger partial charge in [-0.25, -0.2) is 9.67 Å². The van der Waals surface area contributed by atoms with E-state index >= 15 is 0 Å². The molecule has 8 heteroatoms. The van der Waals surface area contributed by atoms with Gasteiger partial charge in [0.05, 0.1) is 15.9 Å². The Labute approximate surface area is 193 Å². The van der Waals surface area contributed by atoms with Crippen molar-refractivity contribution in [2.75, 3.05) is 4.90 Å². The first-order chi connectivity index (χ1) is 16.1. The largest absolute Gasteiger partial charge is 0.457 e. The van der Waals surface area contributed by atoms with Crippen LogP contribution in [0.25, 0.3) is 10.2 Å². The number of ether oxygens (including phenoxy) is 1. The standard InChI is InChI=1S/C25H18N4O3S/c1-28-23(30)16-15-21(27-28)24(31)29(25-26-20-9-5-6-10-22(20)33-25)17-11-13-19(14-12-17)32-18-7-3-2-4-8-18/h2-16H,1H3. The van der Waals surface area contributed by atoms with Gasteiger partial charge in [0.25, 0.3) is 11.5 Å². The first kappa shape index (κ1) is 20.6. The van der Waals surface area contributed by atoms with Crippen molar-refractivity contribution in [3.05, 3.63) is 107 Å².